The molecule has 3 rings (SSSR count). The summed E-state index contributed by atoms with van der Waals surface area (Å²) in [6.45, 7) is 0.486. The van der Waals surface area contributed by atoms with Crippen LogP contribution in [0, 0.1) is 0 Å². The Hall–Kier alpha value is -1.44. The molecule has 1 aromatic rings. The number of aliphatic hydroxyl groups is 1. The highest BCUT2D eigenvalue weighted by Gasteiger charge is 2.37. The maximum Gasteiger partial charge on any atom is 0.317 e. The van der Waals surface area contributed by atoms with Crippen LogP contribution in [0.3, 0.4) is 0 Å². The van der Waals surface area contributed by atoms with E-state index in [-0.39, 0.29) is 25.0 Å². The molecular weight excluding hydrogens is 316 g/mol. The maximum absolute atomic E-state index is 12.7. The number of nitrogens with zero attached hydrogens (tertiary/aromatic N) is 2. The normalized spacial score (nSPS) is 24.0. The molecule has 0 radical (unpaired) electrons. The van der Waals surface area contributed by atoms with Gasteiger partial charge in [0.2, 0.25) is 0 Å². The molecule has 126 valence electrons. The zero-order valence-electron chi connectivity index (χ0n) is 13.2. The number of β-amino-alcohol motifs (C(OH)–C–C–N with tert-alkyl or cyclic N) is 1. The van der Waals surface area contributed by atoms with Crippen LogP contribution in [0.5, 0.6) is 0 Å². The second kappa shape index (κ2) is 6.59. The largest absolute Gasteiger partial charge is 0.480 e. The summed E-state index contributed by atoms with van der Waals surface area (Å²) in [5, 5.41) is 19.1. The Morgan fingerprint density at radius 1 is 1.35 bits per heavy atom. The molecule has 0 unspecified atom stereocenters. The molecule has 0 spiro atoms. The first-order valence-corrected chi connectivity index (χ1v) is 8.78. The lowest BCUT2D eigenvalue weighted by Gasteiger charge is -2.24. The smallest absolute Gasteiger partial charge is 0.317 e. The molecule has 1 amide bonds. The molecule has 0 bridgehead atoms. The number of likely N-dealkylation sites (tertiary alicyclic amines) is 1. The number of thiophene rings is 1. The van der Waals surface area contributed by atoms with Gasteiger partial charge in [-0.05, 0) is 44.4 Å². The number of carboxylic acids is 1. The van der Waals surface area contributed by atoms with Gasteiger partial charge in [-0.15, -0.1) is 11.3 Å². The molecule has 1 aliphatic carbocycles. The number of hydrogen-bond acceptors (Lipinski definition) is 5. The fourth-order valence-electron chi connectivity index (χ4n) is 3.45. The van der Waals surface area contributed by atoms with E-state index in [9.17, 15) is 14.7 Å². The van der Waals surface area contributed by atoms with Crippen molar-refractivity contribution >= 4 is 23.2 Å². The van der Waals surface area contributed by atoms with Crippen LogP contribution >= 0.6 is 11.3 Å². The summed E-state index contributed by atoms with van der Waals surface area (Å²) in [5.41, 5.74) is 1.30. The number of hydrogen-bond donors (Lipinski definition) is 2. The predicted octanol–water partition coefficient (Wildman–Crippen LogP) is 0.829. The van der Waals surface area contributed by atoms with Gasteiger partial charge in [0, 0.05) is 18.0 Å². The average molecular weight is 338 g/mol. The van der Waals surface area contributed by atoms with Gasteiger partial charge in [0.1, 0.15) is 0 Å². The first kappa shape index (κ1) is 16.4. The van der Waals surface area contributed by atoms with Crippen LogP contribution in [0.15, 0.2) is 6.07 Å². The molecule has 2 N–H and O–H groups in total. The van der Waals surface area contributed by atoms with Crippen LogP contribution in [0.4, 0.5) is 0 Å². The van der Waals surface area contributed by atoms with Crippen molar-refractivity contribution in [1.29, 1.82) is 0 Å². The fourth-order valence-corrected chi connectivity index (χ4v) is 4.67. The molecule has 7 heteroatoms. The molecule has 1 aliphatic heterocycles. The van der Waals surface area contributed by atoms with E-state index in [1.54, 1.807) is 28.2 Å². The minimum absolute atomic E-state index is 0.0466. The van der Waals surface area contributed by atoms with Crippen molar-refractivity contribution in [3.05, 3.63) is 21.4 Å². The minimum Gasteiger partial charge on any atom is -0.480 e. The number of aryl methyl sites for hydroxylation is 2. The first-order chi connectivity index (χ1) is 11.0. The topological polar surface area (TPSA) is 81.1 Å². The number of carboxylic acid groups (broad SMARTS) is 1. The van der Waals surface area contributed by atoms with Gasteiger partial charge in [-0.2, -0.15) is 0 Å². The van der Waals surface area contributed by atoms with Gasteiger partial charge >= 0.3 is 5.97 Å². The molecule has 1 aromatic heterocycles. The van der Waals surface area contributed by atoms with Gasteiger partial charge in [-0.1, -0.05) is 0 Å². The number of likely N-dealkylation sites (N-methyl/N-ethyl adjacent to an activating group) is 1. The Morgan fingerprint density at radius 2 is 2.09 bits per heavy atom. The van der Waals surface area contributed by atoms with Crippen molar-refractivity contribution in [3.63, 3.8) is 0 Å². The standard InChI is InChI=1S/C16H22N2O4S/c1-17(9-15(20)21)11-7-18(8-12(11)19)16(22)14-6-10-4-2-3-5-13(10)23-14/h6,11-12,19H,2-5,7-9H2,1H3,(H,20,21)/t11-,12+/m0/s1. The Balaban J connectivity index is 1.69. The van der Waals surface area contributed by atoms with Crippen LogP contribution in [-0.2, 0) is 17.6 Å². The van der Waals surface area contributed by atoms with Crippen LogP contribution in [0.2, 0.25) is 0 Å². The van der Waals surface area contributed by atoms with Crippen molar-refractivity contribution in [1.82, 2.24) is 9.80 Å². The Kier molecular flexibility index (Phi) is 4.70. The van der Waals surface area contributed by atoms with Crippen LogP contribution in [0.1, 0.15) is 33.0 Å². The highest BCUT2D eigenvalue weighted by molar-refractivity contribution is 7.14. The van der Waals surface area contributed by atoms with E-state index in [0.29, 0.717) is 6.54 Å². The molecule has 6 nitrogen and oxygen atoms in total. The summed E-state index contributed by atoms with van der Waals surface area (Å²) < 4.78 is 0. The van der Waals surface area contributed by atoms with Gasteiger partial charge in [-0.3, -0.25) is 14.5 Å². The van der Waals surface area contributed by atoms with E-state index in [4.69, 9.17) is 5.11 Å². The maximum atomic E-state index is 12.7. The molecule has 0 saturated carbocycles. The van der Waals surface area contributed by atoms with Crippen molar-refractivity contribution < 1.29 is 19.8 Å². The number of aliphatic hydroxyl groups excluding tert-OH is 1. The van der Waals surface area contributed by atoms with E-state index in [1.807, 2.05) is 6.07 Å². The number of carbonyl (C=O) groups excluding carboxylic acids is 1. The van der Waals surface area contributed by atoms with Gasteiger partial charge in [0.25, 0.3) is 5.91 Å². The summed E-state index contributed by atoms with van der Waals surface area (Å²) in [5.74, 6) is -0.981. The molecule has 2 atom stereocenters. The highest BCUT2D eigenvalue weighted by Crippen LogP contribution is 2.31. The van der Waals surface area contributed by atoms with E-state index >= 15 is 0 Å². The monoisotopic (exact) mass is 338 g/mol. The van der Waals surface area contributed by atoms with Crippen LogP contribution in [-0.4, -0.2) is 70.7 Å². The molecular formula is C16H22N2O4S. The fraction of sp³-hybridized carbons (Fsp3) is 0.625. The third-order valence-corrected chi connectivity index (χ3v) is 5.93. The van der Waals surface area contributed by atoms with E-state index in [1.165, 1.54) is 23.3 Å². The molecule has 23 heavy (non-hydrogen) atoms. The number of amides is 1. The number of fused-ring (bicyclic) bond motifs is 1. The first-order valence-electron chi connectivity index (χ1n) is 7.96. The van der Waals surface area contributed by atoms with Crippen molar-refractivity contribution in [2.75, 3.05) is 26.7 Å². The van der Waals surface area contributed by atoms with E-state index < -0.39 is 12.1 Å². The zero-order valence-corrected chi connectivity index (χ0v) is 14.0. The van der Waals surface area contributed by atoms with Gasteiger partial charge in [-0.25, -0.2) is 0 Å². The van der Waals surface area contributed by atoms with Gasteiger partial charge in [0.15, 0.2) is 0 Å². The summed E-state index contributed by atoms with van der Waals surface area (Å²) in [7, 11) is 1.67. The van der Waals surface area contributed by atoms with Crippen molar-refractivity contribution in [3.8, 4) is 0 Å². The van der Waals surface area contributed by atoms with Gasteiger partial charge in [0.05, 0.1) is 23.6 Å². The van der Waals surface area contributed by atoms with Crippen LogP contribution in [0.25, 0.3) is 0 Å². The number of rotatable bonds is 4. The number of aliphatic carboxylic acids is 1. The predicted molar refractivity (Wildman–Crippen MR) is 86.9 cm³/mol. The molecule has 1 saturated heterocycles. The SMILES string of the molecule is CN(CC(=O)O)[C@H]1CN(C(=O)c2cc3c(s2)CCCC3)C[C@H]1O. The molecule has 2 aliphatic rings. The Morgan fingerprint density at radius 3 is 2.78 bits per heavy atom. The molecule has 0 aromatic carbocycles. The lowest BCUT2D eigenvalue weighted by molar-refractivity contribution is -0.138. The summed E-state index contributed by atoms with van der Waals surface area (Å²) in [6.07, 6.45) is 3.76. The lowest BCUT2D eigenvalue weighted by atomic mass is 9.99. The third-order valence-electron chi connectivity index (χ3n) is 4.70. The molecule has 2 heterocycles. The summed E-state index contributed by atoms with van der Waals surface area (Å²) >= 11 is 1.57. The average Bonchev–Trinajstić information content (AvgIpc) is 3.09. The highest BCUT2D eigenvalue weighted by atomic mass is 32.1. The third kappa shape index (κ3) is 3.41. The zero-order chi connectivity index (χ0) is 16.6. The van der Waals surface area contributed by atoms with Crippen molar-refractivity contribution in [2.24, 2.45) is 0 Å². The second-order valence-electron chi connectivity index (χ2n) is 6.42. The summed E-state index contributed by atoms with van der Waals surface area (Å²) in [4.78, 5) is 28.8. The quantitative estimate of drug-likeness (QED) is 0.850. The summed E-state index contributed by atoms with van der Waals surface area (Å²) in [6, 6.07) is 1.67. The van der Waals surface area contributed by atoms with E-state index in [2.05, 4.69) is 0 Å². The van der Waals surface area contributed by atoms with Gasteiger partial charge < -0.3 is 15.1 Å². The Labute approximate surface area is 139 Å². The molecule has 1 fully saturated rings. The van der Waals surface area contributed by atoms with Crippen LogP contribution < -0.4 is 0 Å². The van der Waals surface area contributed by atoms with E-state index in [0.717, 1.165) is 17.7 Å². The lowest BCUT2D eigenvalue weighted by Crippen LogP contribution is -2.43. The second-order valence-corrected chi connectivity index (χ2v) is 7.56. The number of carbonyl (C=O) groups is 2. The van der Waals surface area contributed by atoms with Crippen molar-refractivity contribution in [2.45, 2.75) is 37.8 Å². The minimum atomic E-state index is -0.935. The Bertz CT molecular complexity index is 592.